The molecule has 9 heteroatoms. The molecule has 0 atom stereocenters. The lowest BCUT2D eigenvalue weighted by Crippen LogP contribution is -2.13. The second-order valence-electron chi connectivity index (χ2n) is 5.05. The van der Waals surface area contributed by atoms with Crippen LogP contribution in [0.1, 0.15) is 10.5 Å². The van der Waals surface area contributed by atoms with Gasteiger partial charge < -0.3 is 5.32 Å². The molecule has 1 amide bonds. The van der Waals surface area contributed by atoms with Crippen molar-refractivity contribution in [2.24, 2.45) is 0 Å². The first-order valence-corrected chi connectivity index (χ1v) is 9.42. The van der Waals surface area contributed by atoms with Crippen LogP contribution in [0, 0.1) is 0 Å². The number of hydrogen-bond donors (Lipinski definition) is 3. The van der Waals surface area contributed by atoms with Crippen LogP contribution in [0.2, 0.25) is 0 Å². The molecule has 1 aromatic heterocycles. The van der Waals surface area contributed by atoms with E-state index in [4.69, 9.17) is 0 Å². The van der Waals surface area contributed by atoms with E-state index in [1.165, 1.54) is 6.07 Å². The van der Waals surface area contributed by atoms with Gasteiger partial charge in [0.1, 0.15) is 0 Å². The van der Waals surface area contributed by atoms with Crippen LogP contribution in [0.3, 0.4) is 0 Å². The van der Waals surface area contributed by atoms with Gasteiger partial charge in [-0.3, -0.25) is 14.6 Å². The Bertz CT molecular complexity index is 986. The number of halogens is 1. The molecule has 7 nitrogen and oxygen atoms in total. The minimum Gasteiger partial charge on any atom is -0.321 e. The zero-order chi connectivity index (χ0) is 17.9. The van der Waals surface area contributed by atoms with Gasteiger partial charge in [-0.25, -0.2) is 0 Å². The first kappa shape index (κ1) is 17.2. The molecule has 3 N–H and O–H groups in total. The van der Waals surface area contributed by atoms with Gasteiger partial charge in [0, 0.05) is 21.9 Å². The molecule has 3 rings (SSSR count). The molecule has 0 fully saturated rings. The Morgan fingerprint density at radius 1 is 1.00 bits per heavy atom. The van der Waals surface area contributed by atoms with Gasteiger partial charge in [0.25, 0.3) is 15.9 Å². The lowest BCUT2D eigenvalue weighted by molar-refractivity contribution is 0.102. The lowest BCUT2D eigenvalue weighted by Gasteiger charge is -2.05. The number of hydrogen-bond acceptors (Lipinski definition) is 4. The fraction of sp³-hybridized carbons (Fsp3) is 0. The Morgan fingerprint density at radius 2 is 1.68 bits per heavy atom. The molecule has 0 saturated heterocycles. The number of nitrogens with zero attached hydrogens (tertiary/aromatic N) is 1. The summed E-state index contributed by atoms with van der Waals surface area (Å²) in [6.45, 7) is 0. The van der Waals surface area contributed by atoms with E-state index in [0.29, 0.717) is 11.4 Å². The van der Waals surface area contributed by atoms with Gasteiger partial charge in [-0.05, 0) is 36.4 Å². The largest absolute Gasteiger partial charge is 0.321 e. The molecule has 0 aliphatic heterocycles. The van der Waals surface area contributed by atoms with Crippen LogP contribution in [0.15, 0.2) is 70.2 Å². The molecular weight excluding hydrogens is 408 g/mol. The molecule has 0 aliphatic carbocycles. The number of benzene rings is 2. The van der Waals surface area contributed by atoms with Crippen LogP contribution < -0.4 is 10.0 Å². The average Bonchev–Trinajstić information content (AvgIpc) is 3.09. The van der Waals surface area contributed by atoms with E-state index in [-0.39, 0.29) is 10.7 Å². The predicted molar refractivity (Wildman–Crippen MR) is 97.9 cm³/mol. The third kappa shape index (κ3) is 4.25. The van der Waals surface area contributed by atoms with Crippen molar-refractivity contribution in [2.45, 2.75) is 5.03 Å². The van der Waals surface area contributed by atoms with E-state index < -0.39 is 15.9 Å². The third-order valence-corrected chi connectivity index (χ3v) is 5.03. The maximum Gasteiger partial charge on any atom is 0.278 e. The van der Waals surface area contributed by atoms with Gasteiger partial charge >= 0.3 is 0 Å². The number of carbonyl (C=O) groups excluding carboxylic acids is 1. The highest BCUT2D eigenvalue weighted by Gasteiger charge is 2.20. The van der Waals surface area contributed by atoms with Crippen LogP contribution in [-0.4, -0.2) is 24.5 Å². The normalized spacial score (nSPS) is 11.1. The van der Waals surface area contributed by atoms with E-state index in [9.17, 15) is 13.2 Å². The summed E-state index contributed by atoms with van der Waals surface area (Å²) in [5.74, 6) is -0.507. The quantitative estimate of drug-likeness (QED) is 0.589. The number of H-pyrrole nitrogens is 1. The van der Waals surface area contributed by atoms with Gasteiger partial charge in [-0.15, -0.1) is 0 Å². The third-order valence-electron chi connectivity index (χ3n) is 3.20. The van der Waals surface area contributed by atoms with Crippen LogP contribution in [0.25, 0.3) is 0 Å². The first-order valence-electron chi connectivity index (χ1n) is 7.14. The lowest BCUT2D eigenvalue weighted by atomic mass is 10.3. The monoisotopic (exact) mass is 420 g/mol. The highest BCUT2D eigenvalue weighted by atomic mass is 79.9. The molecule has 0 aliphatic rings. The van der Waals surface area contributed by atoms with Crippen LogP contribution in [0.5, 0.6) is 0 Å². The minimum absolute atomic E-state index is 0.0277. The minimum atomic E-state index is -3.88. The molecule has 0 unspecified atom stereocenters. The molecule has 25 heavy (non-hydrogen) atoms. The summed E-state index contributed by atoms with van der Waals surface area (Å²) in [5, 5.41) is 8.58. The van der Waals surface area contributed by atoms with E-state index in [0.717, 1.165) is 4.47 Å². The summed E-state index contributed by atoms with van der Waals surface area (Å²) in [6, 6.07) is 16.6. The number of sulfonamides is 1. The van der Waals surface area contributed by atoms with Gasteiger partial charge in [0.05, 0.1) is 0 Å². The molecule has 0 saturated carbocycles. The van der Waals surface area contributed by atoms with Crippen molar-refractivity contribution >= 4 is 43.2 Å². The number of carbonyl (C=O) groups is 1. The molecule has 2 aromatic carbocycles. The maximum absolute atomic E-state index is 12.4. The zero-order valence-electron chi connectivity index (χ0n) is 12.7. The second kappa shape index (κ2) is 7.08. The van der Waals surface area contributed by atoms with E-state index >= 15 is 0 Å². The summed E-state index contributed by atoms with van der Waals surface area (Å²) in [7, 11) is -3.88. The van der Waals surface area contributed by atoms with Gasteiger partial charge in [-0.2, -0.15) is 13.5 Å². The van der Waals surface area contributed by atoms with E-state index in [1.807, 2.05) is 6.07 Å². The van der Waals surface area contributed by atoms with Crippen LogP contribution in [-0.2, 0) is 10.0 Å². The number of nitrogens with one attached hydrogen (secondary N) is 3. The standard InChI is InChI=1S/C16H13BrN4O3S/c17-11-6-8-13(9-7-11)21-25(23,24)15-10-14(19-20-15)16(22)18-12-4-2-1-3-5-12/h1-10,21H,(H,18,22)(H,19,20). The number of anilines is 2. The summed E-state index contributed by atoms with van der Waals surface area (Å²) >= 11 is 3.28. The number of amides is 1. The van der Waals surface area contributed by atoms with Crippen molar-refractivity contribution in [3.8, 4) is 0 Å². The van der Waals surface area contributed by atoms with Gasteiger partial charge in [0.2, 0.25) is 0 Å². The zero-order valence-corrected chi connectivity index (χ0v) is 15.1. The van der Waals surface area contributed by atoms with Crippen molar-refractivity contribution in [3.05, 3.63) is 70.8 Å². The fourth-order valence-corrected chi connectivity index (χ4v) is 3.26. The number of aromatic nitrogens is 2. The highest BCUT2D eigenvalue weighted by Crippen LogP contribution is 2.18. The van der Waals surface area contributed by atoms with Crippen molar-refractivity contribution in [1.29, 1.82) is 0 Å². The van der Waals surface area contributed by atoms with Crippen molar-refractivity contribution in [1.82, 2.24) is 10.2 Å². The highest BCUT2D eigenvalue weighted by molar-refractivity contribution is 9.10. The average molecular weight is 421 g/mol. The Hall–Kier alpha value is -2.65. The first-order chi connectivity index (χ1) is 11.9. The molecule has 0 spiro atoms. The second-order valence-corrected chi connectivity index (χ2v) is 7.62. The SMILES string of the molecule is O=C(Nc1ccccc1)c1cc(S(=O)(=O)Nc2ccc(Br)cc2)[nH]n1. The summed E-state index contributed by atoms with van der Waals surface area (Å²) in [5.41, 5.74) is 0.959. The summed E-state index contributed by atoms with van der Waals surface area (Å²) in [6.07, 6.45) is 0. The topological polar surface area (TPSA) is 104 Å². The molecule has 0 bridgehead atoms. The molecule has 0 radical (unpaired) electrons. The molecule has 3 aromatic rings. The Labute approximate surface area is 152 Å². The summed E-state index contributed by atoms with van der Waals surface area (Å²) in [4.78, 5) is 12.1. The van der Waals surface area contributed by atoms with Crippen molar-refractivity contribution in [2.75, 3.05) is 10.0 Å². The number of aromatic amines is 1. The van der Waals surface area contributed by atoms with E-state index in [2.05, 4.69) is 36.2 Å². The summed E-state index contributed by atoms with van der Waals surface area (Å²) < 4.78 is 28.0. The number of rotatable bonds is 5. The number of para-hydroxylation sites is 1. The van der Waals surface area contributed by atoms with Crippen LogP contribution in [0.4, 0.5) is 11.4 Å². The van der Waals surface area contributed by atoms with Crippen molar-refractivity contribution < 1.29 is 13.2 Å². The fourth-order valence-electron chi connectivity index (χ4n) is 2.00. The Balaban J connectivity index is 1.75. The molecule has 1 heterocycles. The predicted octanol–water partition coefficient (Wildman–Crippen LogP) is 3.23. The van der Waals surface area contributed by atoms with Gasteiger partial charge in [0.15, 0.2) is 10.7 Å². The van der Waals surface area contributed by atoms with Crippen LogP contribution >= 0.6 is 15.9 Å². The Kier molecular flexibility index (Phi) is 4.86. The van der Waals surface area contributed by atoms with Gasteiger partial charge in [-0.1, -0.05) is 34.1 Å². The Morgan fingerprint density at radius 3 is 2.36 bits per heavy atom. The maximum atomic E-state index is 12.4. The molecular formula is C16H13BrN4O3S. The van der Waals surface area contributed by atoms with E-state index in [1.54, 1.807) is 48.5 Å². The molecule has 128 valence electrons. The van der Waals surface area contributed by atoms with Crippen molar-refractivity contribution in [3.63, 3.8) is 0 Å². The smallest absolute Gasteiger partial charge is 0.278 e.